The van der Waals surface area contributed by atoms with E-state index in [0.717, 1.165) is 10.2 Å². The van der Waals surface area contributed by atoms with Crippen molar-refractivity contribution in [3.63, 3.8) is 0 Å². The number of halogens is 1. The molecule has 0 aliphatic rings. The Morgan fingerprint density at radius 2 is 2.18 bits per heavy atom. The molecule has 1 aromatic carbocycles. The van der Waals surface area contributed by atoms with E-state index in [1.165, 1.54) is 29.4 Å². The summed E-state index contributed by atoms with van der Waals surface area (Å²) in [6.45, 7) is 6.06. The van der Waals surface area contributed by atoms with Crippen LogP contribution in [0.5, 0.6) is 0 Å². The topological polar surface area (TPSA) is 56.5 Å². The number of hydrogen-bond donors (Lipinski definition) is 0. The Hall–Kier alpha value is -2.06. The second kappa shape index (κ2) is 6.37. The highest BCUT2D eigenvalue weighted by molar-refractivity contribution is 8.00. The van der Waals surface area contributed by atoms with Crippen LogP contribution < -0.4 is 0 Å². The first-order valence-corrected chi connectivity index (χ1v) is 8.05. The van der Waals surface area contributed by atoms with E-state index >= 15 is 0 Å². The highest BCUT2D eigenvalue weighted by Gasteiger charge is 2.17. The second-order valence-corrected chi connectivity index (χ2v) is 6.36. The molecule has 5 nitrogen and oxygen atoms in total. The van der Waals surface area contributed by atoms with E-state index < -0.39 is 0 Å². The number of hydrogen-bond acceptors (Lipinski definition) is 6. The second-order valence-electron chi connectivity index (χ2n) is 4.39. The Bertz CT molecular complexity index is 811. The summed E-state index contributed by atoms with van der Waals surface area (Å²) in [5.74, 6) is 0.863. The van der Waals surface area contributed by atoms with Crippen LogP contribution >= 0.6 is 23.3 Å². The molecule has 0 saturated carbocycles. The summed E-state index contributed by atoms with van der Waals surface area (Å²) in [5.41, 5.74) is 0.414. The number of allylic oxidation sites excluding steroid dienone is 1. The zero-order valence-corrected chi connectivity index (χ0v) is 13.4. The van der Waals surface area contributed by atoms with Gasteiger partial charge in [-0.1, -0.05) is 18.2 Å². The van der Waals surface area contributed by atoms with Crippen molar-refractivity contribution in [3.05, 3.63) is 48.6 Å². The predicted molar refractivity (Wildman–Crippen MR) is 84.4 cm³/mol. The fourth-order valence-corrected chi connectivity index (χ4v) is 3.49. The van der Waals surface area contributed by atoms with Crippen molar-refractivity contribution in [2.24, 2.45) is 0 Å². The van der Waals surface area contributed by atoms with Gasteiger partial charge in [0.1, 0.15) is 11.6 Å². The van der Waals surface area contributed by atoms with Crippen molar-refractivity contribution in [3.8, 4) is 11.4 Å². The molecule has 0 unspecified atom stereocenters. The molecule has 0 bridgehead atoms. The van der Waals surface area contributed by atoms with Gasteiger partial charge in [0.25, 0.3) is 0 Å². The summed E-state index contributed by atoms with van der Waals surface area (Å²) in [6, 6.07) is 6.50. The number of aromatic nitrogens is 5. The first kappa shape index (κ1) is 14.9. The molecule has 0 atom stereocenters. The van der Waals surface area contributed by atoms with Crippen molar-refractivity contribution in [2.45, 2.75) is 23.0 Å². The van der Waals surface area contributed by atoms with Gasteiger partial charge >= 0.3 is 0 Å². The van der Waals surface area contributed by atoms with Crippen molar-refractivity contribution >= 4 is 23.3 Å². The van der Waals surface area contributed by atoms with Crippen molar-refractivity contribution in [1.29, 1.82) is 0 Å². The van der Waals surface area contributed by atoms with E-state index in [4.69, 9.17) is 0 Å². The van der Waals surface area contributed by atoms with Crippen molar-refractivity contribution in [2.75, 3.05) is 0 Å². The maximum atomic E-state index is 14.0. The summed E-state index contributed by atoms with van der Waals surface area (Å²) in [5, 5.41) is 8.92. The van der Waals surface area contributed by atoms with E-state index in [2.05, 4.69) is 26.1 Å². The van der Waals surface area contributed by atoms with Gasteiger partial charge in [-0.3, -0.25) is 4.57 Å². The van der Waals surface area contributed by atoms with Crippen LogP contribution in [0.15, 0.2) is 46.4 Å². The largest absolute Gasteiger partial charge is 0.298 e. The Kier molecular flexibility index (Phi) is 4.30. The van der Waals surface area contributed by atoms with Crippen LogP contribution in [0.2, 0.25) is 0 Å². The van der Waals surface area contributed by atoms with Crippen molar-refractivity contribution < 1.29 is 4.39 Å². The lowest BCUT2D eigenvalue weighted by atomic mass is 10.2. The van der Waals surface area contributed by atoms with Gasteiger partial charge in [0.05, 0.1) is 5.56 Å². The van der Waals surface area contributed by atoms with Gasteiger partial charge in [-0.15, -0.1) is 16.8 Å². The minimum atomic E-state index is -0.330. The zero-order valence-electron chi connectivity index (χ0n) is 11.7. The van der Waals surface area contributed by atoms with Gasteiger partial charge < -0.3 is 0 Å². The quantitative estimate of drug-likeness (QED) is 0.668. The lowest BCUT2D eigenvalue weighted by molar-refractivity contribution is 0.626. The standard InChI is InChI=1S/C14H12FN5S2/c1-3-8-20-12(10-6-4-5-7-11(10)15)17-18-13(20)21-14-16-9(2)19-22-14/h3-7H,1,8H2,2H3. The lowest BCUT2D eigenvalue weighted by Gasteiger charge is -2.07. The van der Waals surface area contributed by atoms with Crippen LogP contribution in [0, 0.1) is 12.7 Å². The lowest BCUT2D eigenvalue weighted by Crippen LogP contribution is -2.01. The number of aryl methyl sites for hydroxylation is 1. The van der Waals surface area contributed by atoms with Crippen LogP contribution in [-0.2, 0) is 6.54 Å². The molecule has 0 radical (unpaired) electrons. The van der Waals surface area contributed by atoms with E-state index in [0.29, 0.717) is 23.1 Å². The maximum absolute atomic E-state index is 14.0. The maximum Gasteiger partial charge on any atom is 0.198 e. The van der Waals surface area contributed by atoms with E-state index in [9.17, 15) is 4.39 Å². The van der Waals surface area contributed by atoms with Crippen LogP contribution in [0.4, 0.5) is 4.39 Å². The van der Waals surface area contributed by atoms with Crippen molar-refractivity contribution in [1.82, 2.24) is 24.1 Å². The van der Waals surface area contributed by atoms with E-state index in [1.807, 2.05) is 11.5 Å². The van der Waals surface area contributed by atoms with Crippen LogP contribution in [0.25, 0.3) is 11.4 Å². The summed E-state index contributed by atoms with van der Waals surface area (Å²) >= 11 is 2.66. The van der Waals surface area contributed by atoms with Gasteiger partial charge in [-0.25, -0.2) is 9.37 Å². The molecule has 0 N–H and O–H groups in total. The molecule has 0 aliphatic carbocycles. The molecular weight excluding hydrogens is 321 g/mol. The van der Waals surface area contributed by atoms with Gasteiger partial charge in [-0.05, 0) is 42.4 Å². The fourth-order valence-electron chi connectivity index (χ4n) is 1.90. The third-order valence-corrected chi connectivity index (χ3v) is 4.66. The summed E-state index contributed by atoms with van der Waals surface area (Å²) in [7, 11) is 0. The van der Waals surface area contributed by atoms with Gasteiger partial charge in [0, 0.05) is 6.54 Å². The highest BCUT2D eigenvalue weighted by atomic mass is 32.2. The SMILES string of the molecule is C=CCn1c(Sc2nc(C)ns2)nnc1-c1ccccc1F. The molecule has 0 fully saturated rings. The molecule has 112 valence electrons. The van der Waals surface area contributed by atoms with Crippen LogP contribution in [0.1, 0.15) is 5.82 Å². The predicted octanol–water partition coefficient (Wildman–Crippen LogP) is 3.58. The average Bonchev–Trinajstić information content (AvgIpc) is 3.08. The zero-order chi connectivity index (χ0) is 15.5. The molecule has 0 saturated heterocycles. The molecule has 0 spiro atoms. The van der Waals surface area contributed by atoms with Gasteiger partial charge in [0.15, 0.2) is 15.3 Å². The molecule has 3 rings (SSSR count). The normalized spacial score (nSPS) is 10.8. The summed E-state index contributed by atoms with van der Waals surface area (Å²) < 4.78 is 20.7. The molecule has 22 heavy (non-hydrogen) atoms. The van der Waals surface area contributed by atoms with Crippen LogP contribution in [-0.4, -0.2) is 24.1 Å². The number of nitrogens with zero attached hydrogens (tertiary/aromatic N) is 5. The van der Waals surface area contributed by atoms with Gasteiger partial charge in [-0.2, -0.15) is 4.37 Å². The molecule has 2 heterocycles. The summed E-state index contributed by atoms with van der Waals surface area (Å²) in [4.78, 5) is 4.30. The first-order chi connectivity index (χ1) is 10.7. The number of benzene rings is 1. The third kappa shape index (κ3) is 2.93. The van der Waals surface area contributed by atoms with E-state index in [1.54, 1.807) is 24.3 Å². The molecular formula is C14H12FN5S2. The molecule has 2 aromatic heterocycles. The molecule has 0 aliphatic heterocycles. The smallest absolute Gasteiger partial charge is 0.198 e. The monoisotopic (exact) mass is 333 g/mol. The molecule has 8 heteroatoms. The van der Waals surface area contributed by atoms with E-state index in [-0.39, 0.29) is 5.82 Å². The first-order valence-electron chi connectivity index (χ1n) is 6.46. The van der Waals surface area contributed by atoms with Crippen LogP contribution in [0.3, 0.4) is 0 Å². The molecule has 3 aromatic rings. The Morgan fingerprint density at radius 3 is 2.86 bits per heavy atom. The Balaban J connectivity index is 2.02. The average molecular weight is 333 g/mol. The number of rotatable bonds is 5. The Labute approximate surface area is 135 Å². The minimum Gasteiger partial charge on any atom is -0.298 e. The summed E-state index contributed by atoms with van der Waals surface area (Å²) in [6.07, 6.45) is 1.73. The van der Waals surface area contributed by atoms with Gasteiger partial charge in [0.2, 0.25) is 0 Å². The molecule has 0 amide bonds. The Morgan fingerprint density at radius 1 is 1.36 bits per heavy atom. The third-order valence-electron chi connectivity index (χ3n) is 2.83. The highest BCUT2D eigenvalue weighted by Crippen LogP contribution is 2.31. The minimum absolute atomic E-state index is 0.330. The fraction of sp³-hybridized carbons (Fsp3) is 0.143.